The lowest BCUT2D eigenvalue weighted by molar-refractivity contribution is 0.473. The van der Waals surface area contributed by atoms with Gasteiger partial charge < -0.3 is 10.8 Å². The van der Waals surface area contributed by atoms with Gasteiger partial charge in [-0.1, -0.05) is 24.2 Å². The van der Waals surface area contributed by atoms with E-state index in [-0.39, 0.29) is 12.3 Å². The fourth-order valence-electron chi connectivity index (χ4n) is 0.965. The standard InChI is InChI=1S/C9H10ClNO/c1-6(5-11)9-7(10)3-2-4-8(9)12/h2-4,12H,1,5,11H2. The van der Waals surface area contributed by atoms with Gasteiger partial charge >= 0.3 is 0 Å². The number of rotatable bonds is 2. The monoisotopic (exact) mass is 183 g/mol. The van der Waals surface area contributed by atoms with Crippen LogP contribution in [0.15, 0.2) is 24.8 Å². The first-order chi connectivity index (χ1) is 5.66. The third-order valence-corrected chi connectivity index (χ3v) is 1.91. The van der Waals surface area contributed by atoms with Crippen LogP contribution in [0.2, 0.25) is 5.02 Å². The number of phenolic OH excluding ortho intramolecular Hbond substituents is 1. The van der Waals surface area contributed by atoms with Crippen molar-refractivity contribution in [1.82, 2.24) is 0 Å². The molecule has 1 rings (SSSR count). The second-order valence-corrected chi connectivity index (χ2v) is 2.85. The Hall–Kier alpha value is -0.990. The van der Waals surface area contributed by atoms with Crippen LogP contribution in [0.5, 0.6) is 5.75 Å². The van der Waals surface area contributed by atoms with E-state index in [4.69, 9.17) is 17.3 Å². The minimum atomic E-state index is 0.123. The van der Waals surface area contributed by atoms with Crippen LogP contribution in [0.4, 0.5) is 0 Å². The number of nitrogens with two attached hydrogens (primary N) is 1. The summed E-state index contributed by atoms with van der Waals surface area (Å²) in [5.41, 5.74) is 6.55. The molecule has 12 heavy (non-hydrogen) atoms. The molecule has 0 fully saturated rings. The molecule has 0 unspecified atom stereocenters. The maximum absolute atomic E-state index is 9.39. The summed E-state index contributed by atoms with van der Waals surface area (Å²) >= 11 is 5.83. The van der Waals surface area contributed by atoms with Gasteiger partial charge in [-0.3, -0.25) is 0 Å². The van der Waals surface area contributed by atoms with Gasteiger partial charge in [0.1, 0.15) is 5.75 Å². The lowest BCUT2D eigenvalue weighted by Crippen LogP contribution is -2.01. The minimum Gasteiger partial charge on any atom is -0.507 e. The molecule has 0 amide bonds. The van der Waals surface area contributed by atoms with Crippen LogP contribution in [0.1, 0.15) is 5.56 Å². The Balaban J connectivity index is 3.21. The summed E-state index contributed by atoms with van der Waals surface area (Å²) in [6.07, 6.45) is 0. The Bertz CT molecular complexity index is 289. The van der Waals surface area contributed by atoms with Crippen LogP contribution in [0.25, 0.3) is 5.57 Å². The van der Waals surface area contributed by atoms with Crippen molar-refractivity contribution in [2.45, 2.75) is 0 Å². The molecule has 1 aromatic rings. The van der Waals surface area contributed by atoms with Gasteiger partial charge in [-0.25, -0.2) is 0 Å². The van der Waals surface area contributed by atoms with Crippen LogP contribution in [0.3, 0.4) is 0 Å². The van der Waals surface area contributed by atoms with Crippen molar-refractivity contribution >= 4 is 17.2 Å². The van der Waals surface area contributed by atoms with Crippen LogP contribution in [0, 0.1) is 0 Å². The Kier molecular flexibility index (Phi) is 2.74. The van der Waals surface area contributed by atoms with Crippen LogP contribution >= 0.6 is 11.6 Å². The molecule has 64 valence electrons. The maximum Gasteiger partial charge on any atom is 0.124 e. The van der Waals surface area contributed by atoms with Gasteiger partial charge in [-0.05, 0) is 17.7 Å². The van der Waals surface area contributed by atoms with Crippen molar-refractivity contribution in [2.24, 2.45) is 5.73 Å². The largest absolute Gasteiger partial charge is 0.507 e. The number of aromatic hydroxyl groups is 1. The molecule has 0 aliphatic heterocycles. The van der Waals surface area contributed by atoms with E-state index in [2.05, 4.69) is 6.58 Å². The van der Waals surface area contributed by atoms with Crippen molar-refractivity contribution in [2.75, 3.05) is 6.54 Å². The van der Waals surface area contributed by atoms with E-state index >= 15 is 0 Å². The summed E-state index contributed by atoms with van der Waals surface area (Å²) in [6, 6.07) is 4.92. The average Bonchev–Trinajstić information content (AvgIpc) is 2.03. The van der Waals surface area contributed by atoms with Gasteiger partial charge in [0, 0.05) is 12.1 Å². The number of halogens is 1. The Morgan fingerprint density at radius 2 is 2.25 bits per heavy atom. The zero-order valence-corrected chi connectivity index (χ0v) is 7.30. The molecule has 3 heteroatoms. The van der Waals surface area contributed by atoms with Gasteiger partial charge in [0.25, 0.3) is 0 Å². The predicted molar refractivity (Wildman–Crippen MR) is 51.2 cm³/mol. The summed E-state index contributed by atoms with van der Waals surface area (Å²) in [6.45, 7) is 3.98. The molecular weight excluding hydrogens is 174 g/mol. The summed E-state index contributed by atoms with van der Waals surface area (Å²) in [5.74, 6) is 0.123. The van der Waals surface area contributed by atoms with Gasteiger partial charge in [0.15, 0.2) is 0 Å². The SMILES string of the molecule is C=C(CN)c1c(O)cccc1Cl. The molecule has 0 aromatic heterocycles. The van der Waals surface area contributed by atoms with Crippen LogP contribution in [-0.2, 0) is 0 Å². The Morgan fingerprint density at radius 1 is 1.58 bits per heavy atom. The number of phenols is 1. The lowest BCUT2D eigenvalue weighted by Gasteiger charge is -2.07. The average molecular weight is 184 g/mol. The van der Waals surface area contributed by atoms with Gasteiger partial charge in [0.2, 0.25) is 0 Å². The predicted octanol–water partition coefficient (Wildman–Crippen LogP) is 2.02. The second-order valence-electron chi connectivity index (χ2n) is 2.44. The van der Waals surface area contributed by atoms with E-state index in [0.717, 1.165) is 0 Å². The quantitative estimate of drug-likeness (QED) is 0.737. The highest BCUT2D eigenvalue weighted by atomic mass is 35.5. The molecule has 0 heterocycles. The molecule has 3 N–H and O–H groups in total. The third kappa shape index (κ3) is 1.60. The fraction of sp³-hybridized carbons (Fsp3) is 0.111. The molecule has 0 saturated heterocycles. The maximum atomic E-state index is 9.39. The second kappa shape index (κ2) is 3.61. The van der Waals surface area contributed by atoms with E-state index < -0.39 is 0 Å². The summed E-state index contributed by atoms with van der Waals surface area (Å²) in [4.78, 5) is 0. The van der Waals surface area contributed by atoms with Crippen molar-refractivity contribution < 1.29 is 5.11 Å². The molecule has 1 aromatic carbocycles. The minimum absolute atomic E-state index is 0.123. The van der Waals surface area contributed by atoms with Crippen molar-refractivity contribution in [3.63, 3.8) is 0 Å². The Labute approximate surface area is 76.3 Å². The topological polar surface area (TPSA) is 46.2 Å². The summed E-state index contributed by atoms with van der Waals surface area (Å²) in [5, 5.41) is 9.87. The molecule has 0 saturated carbocycles. The third-order valence-electron chi connectivity index (χ3n) is 1.59. The highest BCUT2D eigenvalue weighted by Gasteiger charge is 2.07. The highest BCUT2D eigenvalue weighted by Crippen LogP contribution is 2.30. The molecular formula is C9H10ClNO. The zero-order chi connectivity index (χ0) is 9.14. The van der Waals surface area contributed by atoms with E-state index in [1.807, 2.05) is 0 Å². The molecule has 0 atom stereocenters. The van der Waals surface area contributed by atoms with Crippen LogP contribution in [-0.4, -0.2) is 11.7 Å². The van der Waals surface area contributed by atoms with E-state index in [9.17, 15) is 5.11 Å². The Morgan fingerprint density at radius 3 is 2.75 bits per heavy atom. The first-order valence-corrected chi connectivity index (χ1v) is 3.90. The molecule has 0 aliphatic rings. The number of hydrogen-bond donors (Lipinski definition) is 2. The van der Waals surface area contributed by atoms with Crippen molar-refractivity contribution in [3.05, 3.63) is 35.4 Å². The molecule has 2 nitrogen and oxygen atoms in total. The normalized spacial score (nSPS) is 9.83. The van der Waals surface area contributed by atoms with Gasteiger partial charge in [-0.2, -0.15) is 0 Å². The first-order valence-electron chi connectivity index (χ1n) is 3.52. The zero-order valence-electron chi connectivity index (χ0n) is 6.55. The summed E-state index contributed by atoms with van der Waals surface area (Å²) < 4.78 is 0. The molecule has 0 aliphatic carbocycles. The van der Waals surface area contributed by atoms with Gasteiger partial charge in [0.05, 0.1) is 5.02 Å². The molecule has 0 bridgehead atoms. The smallest absolute Gasteiger partial charge is 0.124 e. The van der Waals surface area contributed by atoms with Crippen molar-refractivity contribution in [3.8, 4) is 5.75 Å². The van der Waals surface area contributed by atoms with Gasteiger partial charge in [-0.15, -0.1) is 0 Å². The fourth-order valence-corrected chi connectivity index (χ4v) is 1.27. The summed E-state index contributed by atoms with van der Waals surface area (Å²) in [7, 11) is 0. The van der Waals surface area contributed by atoms with Crippen molar-refractivity contribution in [1.29, 1.82) is 0 Å². The molecule has 0 radical (unpaired) electrons. The number of benzene rings is 1. The van der Waals surface area contributed by atoms with E-state index in [0.29, 0.717) is 16.2 Å². The first kappa shape index (κ1) is 9.10. The van der Waals surface area contributed by atoms with E-state index in [1.165, 1.54) is 0 Å². The lowest BCUT2D eigenvalue weighted by atomic mass is 10.1. The number of hydrogen-bond acceptors (Lipinski definition) is 2. The van der Waals surface area contributed by atoms with Crippen LogP contribution < -0.4 is 5.73 Å². The highest BCUT2D eigenvalue weighted by molar-refractivity contribution is 6.32. The van der Waals surface area contributed by atoms with E-state index in [1.54, 1.807) is 18.2 Å². The molecule has 0 spiro atoms.